The van der Waals surface area contributed by atoms with Gasteiger partial charge in [0.1, 0.15) is 0 Å². The summed E-state index contributed by atoms with van der Waals surface area (Å²) in [6, 6.07) is 8.26. The van der Waals surface area contributed by atoms with Crippen molar-refractivity contribution in [2.75, 3.05) is 25.4 Å². The molecular formula is C17H26N2O3S. The Morgan fingerprint density at radius 3 is 2.39 bits per heavy atom. The van der Waals surface area contributed by atoms with Gasteiger partial charge in [0.05, 0.1) is 10.6 Å². The summed E-state index contributed by atoms with van der Waals surface area (Å²) in [5, 5.41) is 2.88. The molecule has 0 spiro atoms. The molecule has 1 aromatic rings. The van der Waals surface area contributed by atoms with Gasteiger partial charge in [0.25, 0.3) is 0 Å². The third-order valence-corrected chi connectivity index (χ3v) is 6.11. The fourth-order valence-corrected chi connectivity index (χ4v) is 4.07. The number of carbonyl (C=O) groups excluding carboxylic acids is 1. The van der Waals surface area contributed by atoms with E-state index in [1.807, 2.05) is 0 Å². The van der Waals surface area contributed by atoms with Crippen LogP contribution in [0.25, 0.3) is 0 Å². The van der Waals surface area contributed by atoms with Crippen molar-refractivity contribution in [3.63, 3.8) is 0 Å². The summed E-state index contributed by atoms with van der Waals surface area (Å²) in [6.45, 7) is 6.88. The van der Waals surface area contributed by atoms with Gasteiger partial charge in [0.15, 0.2) is 9.84 Å². The Bertz CT molecular complexity index is 620. The van der Waals surface area contributed by atoms with Crippen LogP contribution in [0.4, 0.5) is 0 Å². The molecule has 1 heterocycles. The van der Waals surface area contributed by atoms with E-state index in [1.165, 1.54) is 12.8 Å². The second-order valence-electron chi connectivity index (χ2n) is 6.67. The molecule has 2 rings (SSSR count). The summed E-state index contributed by atoms with van der Waals surface area (Å²) < 4.78 is 24.3. The maximum Gasteiger partial charge on any atom is 0.221 e. The monoisotopic (exact) mass is 338 g/mol. The first-order valence-electron chi connectivity index (χ1n) is 8.11. The largest absolute Gasteiger partial charge is 0.354 e. The fraction of sp³-hybridized carbons (Fsp3) is 0.588. The van der Waals surface area contributed by atoms with Crippen LogP contribution in [0, 0.1) is 0 Å². The van der Waals surface area contributed by atoms with Crippen LogP contribution in [-0.4, -0.2) is 50.2 Å². The van der Waals surface area contributed by atoms with Crippen LogP contribution in [-0.2, 0) is 14.6 Å². The molecule has 1 saturated heterocycles. The molecule has 0 atom stereocenters. The summed E-state index contributed by atoms with van der Waals surface area (Å²) in [5.74, 6) is -0.371. The molecule has 0 aromatic heterocycles. The van der Waals surface area contributed by atoms with Crippen LogP contribution in [0.5, 0.6) is 0 Å². The van der Waals surface area contributed by atoms with Gasteiger partial charge in [-0.25, -0.2) is 8.42 Å². The fourth-order valence-electron chi connectivity index (χ4n) is 2.81. The topological polar surface area (TPSA) is 66.5 Å². The molecule has 1 amide bonds. The lowest BCUT2D eigenvalue weighted by molar-refractivity contribution is -0.121. The number of sulfone groups is 1. The van der Waals surface area contributed by atoms with E-state index in [0.717, 1.165) is 13.1 Å². The van der Waals surface area contributed by atoms with Crippen molar-refractivity contribution in [1.29, 1.82) is 0 Å². The van der Waals surface area contributed by atoms with Crippen molar-refractivity contribution < 1.29 is 13.2 Å². The van der Waals surface area contributed by atoms with E-state index in [1.54, 1.807) is 30.3 Å². The summed E-state index contributed by atoms with van der Waals surface area (Å²) in [7, 11) is -3.40. The molecule has 6 heteroatoms. The third-order valence-electron chi connectivity index (χ3n) is 4.38. The van der Waals surface area contributed by atoms with Crippen molar-refractivity contribution in [3.8, 4) is 0 Å². The lowest BCUT2D eigenvalue weighted by atomic mass is 10.0. The van der Waals surface area contributed by atoms with Gasteiger partial charge < -0.3 is 5.32 Å². The molecule has 0 unspecified atom stereocenters. The highest BCUT2D eigenvalue weighted by Crippen LogP contribution is 2.20. The number of nitrogens with one attached hydrogen (secondary N) is 1. The predicted molar refractivity (Wildman–Crippen MR) is 91.0 cm³/mol. The maximum atomic E-state index is 12.2. The van der Waals surface area contributed by atoms with Crippen LogP contribution >= 0.6 is 0 Å². The molecule has 0 bridgehead atoms. The highest BCUT2D eigenvalue weighted by atomic mass is 32.2. The van der Waals surface area contributed by atoms with E-state index in [2.05, 4.69) is 24.1 Å². The van der Waals surface area contributed by atoms with Crippen LogP contribution in [0.3, 0.4) is 0 Å². The number of likely N-dealkylation sites (tertiary alicyclic amines) is 1. The molecule has 5 nitrogen and oxygen atoms in total. The Morgan fingerprint density at radius 1 is 1.17 bits per heavy atom. The van der Waals surface area contributed by atoms with Gasteiger partial charge in [0, 0.05) is 18.5 Å². The van der Waals surface area contributed by atoms with Crippen LogP contribution in [0.2, 0.25) is 0 Å². The minimum Gasteiger partial charge on any atom is -0.354 e. The Hall–Kier alpha value is -1.40. The van der Waals surface area contributed by atoms with Crippen molar-refractivity contribution in [2.24, 2.45) is 0 Å². The van der Waals surface area contributed by atoms with Gasteiger partial charge in [-0.1, -0.05) is 18.2 Å². The van der Waals surface area contributed by atoms with Gasteiger partial charge in [0.2, 0.25) is 5.91 Å². The predicted octanol–water partition coefficient (Wildman–Crippen LogP) is 1.84. The highest BCUT2D eigenvalue weighted by Gasteiger charge is 2.29. The molecule has 0 aliphatic carbocycles. The van der Waals surface area contributed by atoms with Crippen LogP contribution < -0.4 is 5.32 Å². The van der Waals surface area contributed by atoms with Gasteiger partial charge in [-0.2, -0.15) is 0 Å². The number of hydrogen-bond donors (Lipinski definition) is 1. The summed E-state index contributed by atoms with van der Waals surface area (Å²) in [6.07, 6.45) is 2.40. The maximum absolute atomic E-state index is 12.2. The zero-order valence-electron chi connectivity index (χ0n) is 13.9. The first-order valence-corrected chi connectivity index (χ1v) is 9.76. The second-order valence-corrected chi connectivity index (χ2v) is 8.77. The lowest BCUT2D eigenvalue weighted by Crippen LogP contribution is -2.50. The molecular weight excluding hydrogens is 312 g/mol. The van der Waals surface area contributed by atoms with E-state index < -0.39 is 9.84 Å². The van der Waals surface area contributed by atoms with Crippen molar-refractivity contribution >= 4 is 15.7 Å². The minimum absolute atomic E-state index is 0.00664. The Labute approximate surface area is 139 Å². The molecule has 1 N–H and O–H groups in total. The summed E-state index contributed by atoms with van der Waals surface area (Å²) >= 11 is 0. The lowest BCUT2D eigenvalue weighted by Gasteiger charge is -2.35. The van der Waals surface area contributed by atoms with Crippen molar-refractivity contribution in [1.82, 2.24) is 10.2 Å². The zero-order chi connectivity index (χ0) is 16.9. The van der Waals surface area contributed by atoms with E-state index in [0.29, 0.717) is 6.54 Å². The number of hydrogen-bond acceptors (Lipinski definition) is 4. The first-order chi connectivity index (χ1) is 10.8. The van der Waals surface area contributed by atoms with Gasteiger partial charge in [-0.05, 0) is 51.9 Å². The zero-order valence-corrected chi connectivity index (χ0v) is 14.7. The minimum atomic E-state index is -3.40. The summed E-state index contributed by atoms with van der Waals surface area (Å²) in [4.78, 5) is 14.6. The van der Waals surface area contributed by atoms with Gasteiger partial charge in [-0.15, -0.1) is 0 Å². The second kappa shape index (κ2) is 7.45. The average molecular weight is 338 g/mol. The molecule has 1 fully saturated rings. The van der Waals surface area contributed by atoms with E-state index in [9.17, 15) is 13.2 Å². The van der Waals surface area contributed by atoms with Crippen molar-refractivity contribution in [2.45, 2.75) is 43.5 Å². The molecule has 0 radical (unpaired) electrons. The molecule has 1 aliphatic rings. The van der Waals surface area contributed by atoms with E-state index in [-0.39, 0.29) is 28.5 Å². The molecule has 0 saturated carbocycles. The molecule has 128 valence electrons. The SMILES string of the molecule is CC(C)(CNC(=O)CCS(=O)(=O)c1ccccc1)N1CCCC1. The van der Waals surface area contributed by atoms with E-state index in [4.69, 9.17) is 0 Å². The number of carbonyl (C=O) groups is 1. The van der Waals surface area contributed by atoms with Crippen LogP contribution in [0.15, 0.2) is 35.2 Å². The molecule has 1 aromatic carbocycles. The number of benzene rings is 1. The van der Waals surface area contributed by atoms with E-state index >= 15 is 0 Å². The Balaban J connectivity index is 1.81. The van der Waals surface area contributed by atoms with Gasteiger partial charge >= 0.3 is 0 Å². The molecule has 1 aliphatic heterocycles. The van der Waals surface area contributed by atoms with Crippen molar-refractivity contribution in [3.05, 3.63) is 30.3 Å². The van der Waals surface area contributed by atoms with Gasteiger partial charge in [-0.3, -0.25) is 9.69 Å². The molecule has 23 heavy (non-hydrogen) atoms. The normalized spacial score (nSPS) is 16.4. The number of rotatable bonds is 7. The highest BCUT2D eigenvalue weighted by molar-refractivity contribution is 7.91. The Kier molecular flexibility index (Phi) is 5.81. The standard InChI is InChI=1S/C17H26N2O3S/c1-17(2,19-11-6-7-12-19)14-18-16(20)10-13-23(21,22)15-8-4-3-5-9-15/h3-5,8-9H,6-7,10-14H2,1-2H3,(H,18,20). The number of nitrogens with zero attached hydrogens (tertiary/aromatic N) is 1. The first kappa shape index (κ1) is 17.9. The summed E-state index contributed by atoms with van der Waals surface area (Å²) in [5.41, 5.74) is -0.0928. The van der Waals surface area contributed by atoms with Crippen LogP contribution in [0.1, 0.15) is 33.1 Å². The third kappa shape index (κ3) is 5.04. The number of amides is 1. The smallest absolute Gasteiger partial charge is 0.221 e. The average Bonchev–Trinajstić information content (AvgIpc) is 3.07. The quantitative estimate of drug-likeness (QED) is 0.824. The Morgan fingerprint density at radius 2 is 1.78 bits per heavy atom.